The van der Waals surface area contributed by atoms with Gasteiger partial charge in [0.1, 0.15) is 0 Å². The van der Waals surface area contributed by atoms with E-state index in [1.54, 1.807) is 7.11 Å². The van der Waals surface area contributed by atoms with Gasteiger partial charge >= 0.3 is 5.97 Å². The van der Waals surface area contributed by atoms with Crippen LogP contribution in [0, 0.1) is 0 Å². The van der Waals surface area contributed by atoms with Gasteiger partial charge in [-0.25, -0.2) is 0 Å². The van der Waals surface area contributed by atoms with E-state index in [9.17, 15) is 9.59 Å². The van der Waals surface area contributed by atoms with Gasteiger partial charge in [-0.2, -0.15) is 0 Å². The quantitative estimate of drug-likeness (QED) is 0.648. The number of rotatable bonds is 8. The van der Waals surface area contributed by atoms with E-state index in [-0.39, 0.29) is 18.7 Å². The number of carboxylic acid groups (broad SMARTS) is 1. The molecule has 6 heteroatoms. The summed E-state index contributed by atoms with van der Waals surface area (Å²) in [5.41, 5.74) is 7.58. The Kier molecular flexibility index (Phi) is 6.69. The van der Waals surface area contributed by atoms with E-state index < -0.39 is 12.0 Å². The minimum Gasteiger partial charge on any atom is -0.481 e. The minimum atomic E-state index is -0.958. The van der Waals surface area contributed by atoms with Crippen molar-refractivity contribution in [3.63, 3.8) is 0 Å². The van der Waals surface area contributed by atoms with Gasteiger partial charge in [0, 0.05) is 20.1 Å². The van der Waals surface area contributed by atoms with E-state index in [0.29, 0.717) is 13.2 Å². The van der Waals surface area contributed by atoms with Crippen molar-refractivity contribution in [3.05, 3.63) is 35.4 Å². The summed E-state index contributed by atoms with van der Waals surface area (Å²) in [6.07, 6.45) is 0.0167. The van der Waals surface area contributed by atoms with E-state index in [0.717, 1.165) is 11.1 Å². The summed E-state index contributed by atoms with van der Waals surface area (Å²) in [5, 5.41) is 11.2. The third-order valence-electron chi connectivity index (χ3n) is 2.78. The van der Waals surface area contributed by atoms with Gasteiger partial charge in [-0.05, 0) is 17.5 Å². The van der Waals surface area contributed by atoms with Crippen molar-refractivity contribution in [3.8, 4) is 0 Å². The molecule has 1 unspecified atom stereocenters. The van der Waals surface area contributed by atoms with Crippen LogP contribution >= 0.6 is 0 Å². The van der Waals surface area contributed by atoms with Crippen LogP contribution in [0.5, 0.6) is 0 Å². The molecule has 6 nitrogen and oxygen atoms in total. The van der Waals surface area contributed by atoms with Gasteiger partial charge in [0.2, 0.25) is 5.91 Å². The molecule has 0 radical (unpaired) electrons. The smallest absolute Gasteiger partial charge is 0.303 e. The first-order valence-corrected chi connectivity index (χ1v) is 6.34. The molecule has 110 valence electrons. The molecular formula is C14H20N2O4. The van der Waals surface area contributed by atoms with Crippen molar-refractivity contribution in [2.24, 2.45) is 5.73 Å². The maximum absolute atomic E-state index is 11.7. The molecule has 0 fully saturated rings. The number of nitrogens with two attached hydrogens (primary N) is 1. The second-order valence-corrected chi connectivity index (χ2v) is 4.51. The molecule has 0 aliphatic carbocycles. The number of carboxylic acids is 1. The van der Waals surface area contributed by atoms with Gasteiger partial charge in [-0.1, -0.05) is 24.3 Å². The number of aliphatic carboxylic acids is 1. The summed E-state index contributed by atoms with van der Waals surface area (Å²) in [4.78, 5) is 22.1. The fourth-order valence-electron chi connectivity index (χ4n) is 1.73. The van der Waals surface area contributed by atoms with Crippen molar-refractivity contribution >= 4 is 11.9 Å². The Hall–Kier alpha value is -1.92. The van der Waals surface area contributed by atoms with Crippen LogP contribution in [0.3, 0.4) is 0 Å². The summed E-state index contributed by atoms with van der Waals surface area (Å²) < 4.78 is 5.04. The van der Waals surface area contributed by atoms with E-state index in [1.807, 2.05) is 24.3 Å². The Labute approximate surface area is 117 Å². The third kappa shape index (κ3) is 5.81. The zero-order chi connectivity index (χ0) is 15.0. The second kappa shape index (κ2) is 8.29. The van der Waals surface area contributed by atoms with Crippen LogP contribution in [0.2, 0.25) is 0 Å². The lowest BCUT2D eigenvalue weighted by atomic mass is 10.1. The van der Waals surface area contributed by atoms with Crippen LogP contribution in [0.25, 0.3) is 0 Å². The average molecular weight is 280 g/mol. The fraction of sp³-hybridized carbons (Fsp3) is 0.429. The summed E-state index contributed by atoms with van der Waals surface area (Å²) in [6.45, 7) is 0.872. The maximum atomic E-state index is 11.7. The number of nitrogens with one attached hydrogen (secondary N) is 1. The Morgan fingerprint density at radius 1 is 1.40 bits per heavy atom. The van der Waals surface area contributed by atoms with Crippen LogP contribution in [0.4, 0.5) is 0 Å². The molecule has 20 heavy (non-hydrogen) atoms. The first-order chi connectivity index (χ1) is 9.52. The fourth-order valence-corrected chi connectivity index (χ4v) is 1.73. The van der Waals surface area contributed by atoms with E-state index in [2.05, 4.69) is 5.32 Å². The van der Waals surface area contributed by atoms with Gasteiger partial charge < -0.3 is 20.9 Å². The highest BCUT2D eigenvalue weighted by atomic mass is 16.5. The Bertz CT molecular complexity index is 462. The summed E-state index contributed by atoms with van der Waals surface area (Å²) in [7, 11) is 1.62. The molecule has 0 saturated heterocycles. The lowest BCUT2D eigenvalue weighted by molar-refractivity contribution is -0.137. The van der Waals surface area contributed by atoms with Crippen LogP contribution in [-0.2, 0) is 27.5 Å². The minimum absolute atomic E-state index is 0.113. The molecule has 1 aromatic carbocycles. The van der Waals surface area contributed by atoms with Gasteiger partial charge in [0.25, 0.3) is 0 Å². The SMILES string of the molecule is COCc1cccc(CNC(=O)C(N)CCC(=O)O)c1. The highest BCUT2D eigenvalue weighted by Crippen LogP contribution is 2.06. The van der Waals surface area contributed by atoms with Gasteiger partial charge in [-0.3, -0.25) is 9.59 Å². The van der Waals surface area contributed by atoms with Crippen molar-refractivity contribution in [2.45, 2.75) is 32.0 Å². The average Bonchev–Trinajstić information content (AvgIpc) is 2.43. The molecule has 0 heterocycles. The molecular weight excluding hydrogens is 260 g/mol. The number of carbonyl (C=O) groups is 2. The molecule has 1 rings (SSSR count). The number of ether oxygens (including phenoxy) is 1. The maximum Gasteiger partial charge on any atom is 0.303 e. The first kappa shape index (κ1) is 16.1. The normalized spacial score (nSPS) is 11.9. The zero-order valence-corrected chi connectivity index (χ0v) is 11.5. The Balaban J connectivity index is 2.43. The standard InChI is InChI=1S/C14H20N2O4/c1-20-9-11-4-2-3-10(7-11)8-16-14(19)12(15)5-6-13(17)18/h2-4,7,12H,5-6,8-9,15H2,1H3,(H,16,19)(H,17,18). The first-order valence-electron chi connectivity index (χ1n) is 6.34. The van der Waals surface area contributed by atoms with E-state index in [4.69, 9.17) is 15.6 Å². The number of amides is 1. The molecule has 0 aliphatic heterocycles. The summed E-state index contributed by atoms with van der Waals surface area (Å²) in [5.74, 6) is -1.30. The molecule has 1 atom stereocenters. The van der Waals surface area contributed by atoms with Crippen molar-refractivity contribution in [1.82, 2.24) is 5.32 Å². The Morgan fingerprint density at radius 2 is 2.10 bits per heavy atom. The predicted molar refractivity (Wildman–Crippen MR) is 73.8 cm³/mol. The van der Waals surface area contributed by atoms with E-state index in [1.165, 1.54) is 0 Å². The lowest BCUT2D eigenvalue weighted by Gasteiger charge is -2.11. The molecule has 0 spiro atoms. The van der Waals surface area contributed by atoms with Crippen molar-refractivity contribution in [2.75, 3.05) is 7.11 Å². The van der Waals surface area contributed by atoms with Crippen LogP contribution in [0.15, 0.2) is 24.3 Å². The van der Waals surface area contributed by atoms with E-state index >= 15 is 0 Å². The van der Waals surface area contributed by atoms with Crippen LogP contribution < -0.4 is 11.1 Å². The molecule has 1 aromatic rings. The molecule has 1 amide bonds. The molecule has 0 saturated carbocycles. The van der Waals surface area contributed by atoms with Crippen molar-refractivity contribution in [1.29, 1.82) is 0 Å². The van der Waals surface area contributed by atoms with Gasteiger partial charge in [0.05, 0.1) is 12.6 Å². The monoisotopic (exact) mass is 280 g/mol. The molecule has 0 bridgehead atoms. The Morgan fingerprint density at radius 3 is 2.75 bits per heavy atom. The number of benzene rings is 1. The zero-order valence-electron chi connectivity index (χ0n) is 11.5. The van der Waals surface area contributed by atoms with Gasteiger partial charge in [0.15, 0.2) is 0 Å². The third-order valence-corrected chi connectivity index (χ3v) is 2.78. The molecule has 0 aliphatic rings. The summed E-state index contributed by atoms with van der Waals surface area (Å²) >= 11 is 0. The second-order valence-electron chi connectivity index (χ2n) is 4.51. The molecule has 4 N–H and O–H groups in total. The number of hydrogen-bond donors (Lipinski definition) is 3. The topological polar surface area (TPSA) is 102 Å². The summed E-state index contributed by atoms with van der Waals surface area (Å²) in [6, 6.07) is 6.86. The number of methoxy groups -OCH3 is 1. The lowest BCUT2D eigenvalue weighted by Crippen LogP contribution is -2.40. The van der Waals surface area contributed by atoms with Gasteiger partial charge in [-0.15, -0.1) is 0 Å². The largest absolute Gasteiger partial charge is 0.481 e. The predicted octanol–water partition coefficient (Wildman–Crippen LogP) is 0.641. The van der Waals surface area contributed by atoms with Crippen LogP contribution in [0.1, 0.15) is 24.0 Å². The highest BCUT2D eigenvalue weighted by molar-refractivity contribution is 5.82. The van der Waals surface area contributed by atoms with Crippen molar-refractivity contribution < 1.29 is 19.4 Å². The number of carbonyl (C=O) groups excluding carboxylic acids is 1. The highest BCUT2D eigenvalue weighted by Gasteiger charge is 2.14. The van der Waals surface area contributed by atoms with Crippen LogP contribution in [-0.4, -0.2) is 30.1 Å². The molecule has 0 aromatic heterocycles. The number of hydrogen-bond acceptors (Lipinski definition) is 4.